The van der Waals surface area contributed by atoms with Crippen LogP contribution >= 0.6 is 23.5 Å². The molecule has 3 nitrogen and oxygen atoms in total. The molecule has 0 radical (unpaired) electrons. The number of pyridine rings is 1. The summed E-state index contributed by atoms with van der Waals surface area (Å²) in [5.41, 5.74) is 1.95. The summed E-state index contributed by atoms with van der Waals surface area (Å²) in [6.45, 7) is 0. The lowest BCUT2D eigenvalue weighted by molar-refractivity contribution is 0.102. The zero-order valence-corrected chi connectivity index (χ0v) is 13.1. The average molecular weight is 316 g/mol. The van der Waals surface area contributed by atoms with Gasteiger partial charge in [0.1, 0.15) is 5.82 Å². The number of anilines is 1. The van der Waals surface area contributed by atoms with E-state index in [0.29, 0.717) is 16.0 Å². The van der Waals surface area contributed by atoms with Crippen LogP contribution in [0.1, 0.15) is 26.9 Å². The molecule has 1 amide bonds. The first kappa shape index (κ1) is 14.5. The molecule has 108 valence electrons. The molecule has 3 rings (SSSR count). The third-order valence-electron chi connectivity index (χ3n) is 3.18. The van der Waals surface area contributed by atoms with Gasteiger partial charge in [-0.05, 0) is 47.8 Å². The molecule has 1 fully saturated rings. The van der Waals surface area contributed by atoms with Crippen LogP contribution in [0.15, 0.2) is 48.7 Å². The molecule has 0 aliphatic carbocycles. The average Bonchev–Trinajstić information content (AvgIpc) is 2.57. The molecular weight excluding hydrogens is 300 g/mol. The number of benzene rings is 1. The molecular formula is C16H16N2OS2. The number of hydrogen-bond acceptors (Lipinski definition) is 4. The molecule has 1 aliphatic rings. The van der Waals surface area contributed by atoms with Gasteiger partial charge in [0.15, 0.2) is 0 Å². The normalized spacial score (nSPS) is 15.6. The van der Waals surface area contributed by atoms with E-state index < -0.39 is 0 Å². The third-order valence-corrected chi connectivity index (χ3v) is 6.19. The van der Waals surface area contributed by atoms with Crippen molar-refractivity contribution in [2.45, 2.75) is 11.0 Å². The van der Waals surface area contributed by atoms with Crippen molar-refractivity contribution in [3.63, 3.8) is 0 Å². The van der Waals surface area contributed by atoms with Crippen LogP contribution in [0.2, 0.25) is 0 Å². The van der Waals surface area contributed by atoms with Gasteiger partial charge in [-0.1, -0.05) is 18.2 Å². The Labute approximate surface area is 132 Å². The van der Waals surface area contributed by atoms with Crippen LogP contribution in [0, 0.1) is 0 Å². The zero-order chi connectivity index (χ0) is 14.5. The SMILES string of the molecule is O=C(Nc1ccccn1)c1ccc(C2SCCCS2)cc1. The van der Waals surface area contributed by atoms with Gasteiger partial charge in [-0.15, -0.1) is 23.5 Å². The second-order valence-corrected chi connectivity index (χ2v) is 7.44. The van der Waals surface area contributed by atoms with Gasteiger partial charge in [0.2, 0.25) is 0 Å². The van der Waals surface area contributed by atoms with Gasteiger partial charge in [0.05, 0.1) is 4.58 Å². The largest absolute Gasteiger partial charge is 0.307 e. The number of thioether (sulfide) groups is 2. The third kappa shape index (κ3) is 3.80. The number of nitrogens with one attached hydrogen (secondary N) is 1. The Morgan fingerprint density at radius 3 is 2.52 bits per heavy atom. The minimum Gasteiger partial charge on any atom is -0.307 e. The Kier molecular flexibility index (Phi) is 4.83. The van der Waals surface area contributed by atoms with E-state index in [9.17, 15) is 4.79 Å². The van der Waals surface area contributed by atoms with Crippen molar-refractivity contribution < 1.29 is 4.79 Å². The maximum Gasteiger partial charge on any atom is 0.256 e. The zero-order valence-electron chi connectivity index (χ0n) is 11.5. The van der Waals surface area contributed by atoms with Crippen molar-refractivity contribution >= 4 is 35.2 Å². The van der Waals surface area contributed by atoms with Gasteiger partial charge in [-0.25, -0.2) is 4.98 Å². The van der Waals surface area contributed by atoms with Gasteiger partial charge in [-0.2, -0.15) is 0 Å². The van der Waals surface area contributed by atoms with Crippen LogP contribution in [0.3, 0.4) is 0 Å². The van der Waals surface area contributed by atoms with Gasteiger partial charge in [0.25, 0.3) is 5.91 Å². The van der Waals surface area contributed by atoms with Crippen LogP contribution < -0.4 is 5.32 Å². The van der Waals surface area contributed by atoms with E-state index in [1.165, 1.54) is 23.5 Å². The lowest BCUT2D eigenvalue weighted by Gasteiger charge is -2.21. The fraction of sp³-hybridized carbons (Fsp3) is 0.250. The summed E-state index contributed by atoms with van der Waals surface area (Å²) >= 11 is 3.97. The molecule has 21 heavy (non-hydrogen) atoms. The lowest BCUT2D eigenvalue weighted by atomic mass is 10.1. The Bertz CT molecular complexity index is 595. The maximum atomic E-state index is 12.1. The molecule has 0 spiro atoms. The number of carbonyl (C=O) groups excluding carboxylic acids is 1. The van der Waals surface area contributed by atoms with Crippen LogP contribution in [0.4, 0.5) is 5.82 Å². The second-order valence-electron chi connectivity index (χ2n) is 4.72. The highest BCUT2D eigenvalue weighted by atomic mass is 32.2. The summed E-state index contributed by atoms with van der Waals surface area (Å²) in [5.74, 6) is 2.90. The molecule has 2 aromatic rings. The summed E-state index contributed by atoms with van der Waals surface area (Å²) in [6.07, 6.45) is 2.95. The quantitative estimate of drug-likeness (QED) is 0.921. The molecule has 5 heteroatoms. The Balaban J connectivity index is 1.67. The molecule has 1 aromatic heterocycles. The van der Waals surface area contributed by atoms with Crippen LogP contribution in [0.25, 0.3) is 0 Å². The molecule has 1 saturated heterocycles. The standard InChI is InChI=1S/C16H16N2OS2/c19-15(18-14-4-1-2-9-17-14)12-5-7-13(8-6-12)16-20-10-3-11-21-16/h1-2,4-9,16H,3,10-11H2,(H,17,18,19). The molecule has 1 aromatic carbocycles. The predicted molar refractivity (Wildman–Crippen MR) is 90.9 cm³/mol. The fourth-order valence-electron chi connectivity index (χ4n) is 2.10. The highest BCUT2D eigenvalue weighted by Crippen LogP contribution is 2.43. The van der Waals surface area contributed by atoms with E-state index in [-0.39, 0.29) is 5.91 Å². The van der Waals surface area contributed by atoms with Crippen molar-refractivity contribution in [1.29, 1.82) is 0 Å². The van der Waals surface area contributed by atoms with Crippen molar-refractivity contribution in [2.24, 2.45) is 0 Å². The molecule has 0 saturated carbocycles. The van der Waals surface area contributed by atoms with Crippen LogP contribution in [0.5, 0.6) is 0 Å². The van der Waals surface area contributed by atoms with Crippen LogP contribution in [-0.2, 0) is 0 Å². The number of amides is 1. The predicted octanol–water partition coefficient (Wildman–Crippen LogP) is 4.20. The summed E-state index contributed by atoms with van der Waals surface area (Å²) in [7, 11) is 0. The molecule has 2 heterocycles. The summed E-state index contributed by atoms with van der Waals surface area (Å²) in [5, 5.41) is 2.80. The van der Waals surface area contributed by atoms with Gasteiger partial charge in [0, 0.05) is 11.8 Å². The minimum atomic E-state index is -0.121. The van der Waals surface area contributed by atoms with Gasteiger partial charge in [-0.3, -0.25) is 4.79 Å². The monoisotopic (exact) mass is 316 g/mol. The smallest absolute Gasteiger partial charge is 0.256 e. The van der Waals surface area contributed by atoms with Crippen molar-refractivity contribution in [1.82, 2.24) is 4.98 Å². The number of rotatable bonds is 3. The minimum absolute atomic E-state index is 0.121. The van der Waals surface area contributed by atoms with Gasteiger partial charge >= 0.3 is 0 Å². The van der Waals surface area contributed by atoms with E-state index in [0.717, 1.165) is 0 Å². The number of nitrogens with zero attached hydrogens (tertiary/aromatic N) is 1. The number of hydrogen-bond donors (Lipinski definition) is 1. The van der Waals surface area contributed by atoms with Crippen molar-refractivity contribution in [3.05, 3.63) is 59.8 Å². The van der Waals surface area contributed by atoms with E-state index in [1.807, 2.05) is 47.8 Å². The topological polar surface area (TPSA) is 42.0 Å². The Morgan fingerprint density at radius 1 is 1.10 bits per heavy atom. The highest BCUT2D eigenvalue weighted by molar-refractivity contribution is 8.16. The van der Waals surface area contributed by atoms with Gasteiger partial charge < -0.3 is 5.32 Å². The molecule has 0 atom stereocenters. The van der Waals surface area contributed by atoms with E-state index in [1.54, 1.807) is 12.3 Å². The van der Waals surface area contributed by atoms with E-state index >= 15 is 0 Å². The first-order valence-electron chi connectivity index (χ1n) is 6.88. The van der Waals surface area contributed by atoms with E-state index in [4.69, 9.17) is 0 Å². The fourth-order valence-corrected chi connectivity index (χ4v) is 4.99. The second kappa shape index (κ2) is 7.00. The summed E-state index contributed by atoms with van der Waals surface area (Å²) in [6, 6.07) is 13.4. The molecule has 0 unspecified atom stereocenters. The highest BCUT2D eigenvalue weighted by Gasteiger charge is 2.17. The number of aromatic nitrogens is 1. The molecule has 0 bridgehead atoms. The number of carbonyl (C=O) groups is 1. The first-order valence-corrected chi connectivity index (χ1v) is 8.98. The maximum absolute atomic E-state index is 12.1. The van der Waals surface area contributed by atoms with Crippen molar-refractivity contribution in [2.75, 3.05) is 16.8 Å². The molecule has 1 aliphatic heterocycles. The summed E-state index contributed by atoms with van der Waals surface area (Å²) < 4.78 is 0.506. The first-order chi connectivity index (χ1) is 10.3. The Hall–Kier alpha value is -1.46. The van der Waals surface area contributed by atoms with E-state index in [2.05, 4.69) is 22.4 Å². The lowest BCUT2D eigenvalue weighted by Crippen LogP contribution is -2.12. The molecule has 1 N–H and O–H groups in total. The van der Waals surface area contributed by atoms with Crippen LogP contribution in [-0.4, -0.2) is 22.4 Å². The Morgan fingerprint density at radius 2 is 1.86 bits per heavy atom. The summed E-state index contributed by atoms with van der Waals surface area (Å²) in [4.78, 5) is 16.2. The van der Waals surface area contributed by atoms with Crippen molar-refractivity contribution in [3.8, 4) is 0 Å².